The van der Waals surface area contributed by atoms with Crippen LogP contribution < -0.4 is 15.0 Å². The summed E-state index contributed by atoms with van der Waals surface area (Å²) >= 11 is 0. The molecule has 0 atom stereocenters. The van der Waals surface area contributed by atoms with E-state index in [1.165, 1.54) is 0 Å². The minimum Gasteiger partial charge on any atom is -0.493 e. The Labute approximate surface area is 141 Å². The van der Waals surface area contributed by atoms with Gasteiger partial charge in [-0.3, -0.25) is 4.79 Å². The number of amides is 1. The van der Waals surface area contributed by atoms with Gasteiger partial charge in [0.2, 0.25) is 0 Å². The third-order valence-corrected chi connectivity index (χ3v) is 4.76. The number of hydrogen-bond donors (Lipinski definition) is 1. The zero-order valence-electron chi connectivity index (χ0n) is 13.6. The number of hydrogen-bond acceptors (Lipinski definition) is 4. The van der Waals surface area contributed by atoms with Crippen molar-refractivity contribution in [3.8, 4) is 5.75 Å². The number of carbonyl (C=O) groups is 1. The smallest absolute Gasteiger partial charge is 0.251 e. The Bertz CT molecular complexity index is 725. The number of benzene rings is 1. The predicted molar refractivity (Wildman–Crippen MR) is 92.6 cm³/mol. The monoisotopic (exact) mass is 323 g/mol. The first-order valence-electron chi connectivity index (χ1n) is 8.52. The molecule has 0 unspecified atom stereocenters. The quantitative estimate of drug-likeness (QED) is 0.942. The van der Waals surface area contributed by atoms with Crippen LogP contribution >= 0.6 is 0 Å². The van der Waals surface area contributed by atoms with Gasteiger partial charge in [-0.15, -0.1) is 0 Å². The van der Waals surface area contributed by atoms with Gasteiger partial charge in [0.1, 0.15) is 11.6 Å². The van der Waals surface area contributed by atoms with Crippen LogP contribution in [0.3, 0.4) is 0 Å². The van der Waals surface area contributed by atoms with Crippen molar-refractivity contribution in [2.45, 2.75) is 25.3 Å². The van der Waals surface area contributed by atoms with E-state index in [-0.39, 0.29) is 11.9 Å². The molecule has 5 nitrogen and oxygen atoms in total. The normalized spacial score (nSPS) is 17.2. The highest BCUT2D eigenvalue weighted by molar-refractivity contribution is 5.94. The average molecular weight is 323 g/mol. The highest BCUT2D eigenvalue weighted by atomic mass is 16.5. The lowest BCUT2D eigenvalue weighted by molar-refractivity contribution is 0.0931. The van der Waals surface area contributed by atoms with E-state index >= 15 is 0 Å². The molecule has 0 aliphatic carbocycles. The fourth-order valence-corrected chi connectivity index (χ4v) is 3.39. The number of ether oxygens (including phenoxy) is 1. The van der Waals surface area contributed by atoms with Crippen molar-refractivity contribution in [3.63, 3.8) is 0 Å². The zero-order chi connectivity index (χ0) is 16.4. The number of fused-ring (bicyclic) bond motifs is 1. The van der Waals surface area contributed by atoms with E-state index in [1.54, 1.807) is 0 Å². The summed E-state index contributed by atoms with van der Waals surface area (Å²) < 4.78 is 5.49. The topological polar surface area (TPSA) is 54.5 Å². The molecular formula is C19H21N3O2. The fourth-order valence-electron chi connectivity index (χ4n) is 3.39. The van der Waals surface area contributed by atoms with E-state index in [1.807, 2.05) is 42.6 Å². The largest absolute Gasteiger partial charge is 0.493 e. The third-order valence-electron chi connectivity index (χ3n) is 4.76. The van der Waals surface area contributed by atoms with Gasteiger partial charge in [-0.1, -0.05) is 6.07 Å². The van der Waals surface area contributed by atoms with Gasteiger partial charge in [-0.2, -0.15) is 0 Å². The van der Waals surface area contributed by atoms with E-state index in [0.717, 1.165) is 55.0 Å². The SMILES string of the molecule is O=C(NC1CCN(c2ccccn2)CC1)c1ccc2c(c1)CCO2. The van der Waals surface area contributed by atoms with E-state index in [9.17, 15) is 4.79 Å². The molecule has 1 N–H and O–H groups in total. The van der Waals surface area contributed by atoms with Crippen LogP contribution in [0.25, 0.3) is 0 Å². The minimum atomic E-state index is 0.0148. The molecular weight excluding hydrogens is 302 g/mol. The number of anilines is 1. The van der Waals surface area contributed by atoms with E-state index in [4.69, 9.17) is 4.74 Å². The number of nitrogens with zero attached hydrogens (tertiary/aromatic N) is 2. The molecule has 2 aliphatic rings. The molecule has 1 aromatic carbocycles. The molecule has 0 bridgehead atoms. The number of pyridine rings is 1. The van der Waals surface area contributed by atoms with Crippen molar-refractivity contribution < 1.29 is 9.53 Å². The molecule has 4 rings (SSSR count). The molecule has 2 aromatic rings. The number of carbonyl (C=O) groups excluding carboxylic acids is 1. The molecule has 0 saturated carbocycles. The molecule has 24 heavy (non-hydrogen) atoms. The number of piperidine rings is 1. The van der Waals surface area contributed by atoms with Crippen molar-refractivity contribution in [1.82, 2.24) is 10.3 Å². The average Bonchev–Trinajstić information content (AvgIpc) is 3.11. The molecule has 1 saturated heterocycles. The van der Waals surface area contributed by atoms with Crippen LogP contribution in [0.5, 0.6) is 5.75 Å². The van der Waals surface area contributed by atoms with Gasteiger partial charge in [0.05, 0.1) is 6.61 Å². The van der Waals surface area contributed by atoms with Crippen LogP contribution in [0.4, 0.5) is 5.82 Å². The van der Waals surface area contributed by atoms with Gasteiger partial charge in [-0.05, 0) is 48.7 Å². The van der Waals surface area contributed by atoms with Crippen LogP contribution in [0.2, 0.25) is 0 Å². The van der Waals surface area contributed by atoms with Crippen LogP contribution in [0, 0.1) is 0 Å². The molecule has 0 spiro atoms. The van der Waals surface area contributed by atoms with Gasteiger partial charge in [0, 0.05) is 37.3 Å². The first-order valence-corrected chi connectivity index (χ1v) is 8.52. The van der Waals surface area contributed by atoms with E-state index in [0.29, 0.717) is 6.61 Å². The van der Waals surface area contributed by atoms with Crippen molar-refractivity contribution >= 4 is 11.7 Å². The maximum Gasteiger partial charge on any atom is 0.251 e. The molecule has 1 fully saturated rings. The number of rotatable bonds is 3. The zero-order valence-corrected chi connectivity index (χ0v) is 13.6. The summed E-state index contributed by atoms with van der Waals surface area (Å²) in [6.45, 7) is 2.55. The summed E-state index contributed by atoms with van der Waals surface area (Å²) in [6, 6.07) is 11.9. The van der Waals surface area contributed by atoms with Gasteiger partial charge >= 0.3 is 0 Å². The lowest BCUT2D eigenvalue weighted by Crippen LogP contribution is -2.45. The molecule has 1 amide bonds. The standard InChI is InChI=1S/C19H21N3O2/c23-19(15-4-5-17-14(13-15)8-12-24-17)21-16-6-10-22(11-7-16)18-3-1-2-9-20-18/h1-5,9,13,16H,6-8,10-12H2,(H,21,23). The Morgan fingerprint density at radius 2 is 2.08 bits per heavy atom. The first-order chi connectivity index (χ1) is 11.8. The van der Waals surface area contributed by atoms with E-state index in [2.05, 4.69) is 15.2 Å². The molecule has 5 heteroatoms. The van der Waals surface area contributed by atoms with Crippen molar-refractivity contribution in [2.75, 3.05) is 24.6 Å². The van der Waals surface area contributed by atoms with Crippen molar-refractivity contribution in [2.24, 2.45) is 0 Å². The Kier molecular flexibility index (Phi) is 4.07. The number of aromatic nitrogens is 1. The summed E-state index contributed by atoms with van der Waals surface area (Å²) in [7, 11) is 0. The van der Waals surface area contributed by atoms with Crippen LogP contribution in [0.1, 0.15) is 28.8 Å². The molecule has 0 radical (unpaired) electrons. The Balaban J connectivity index is 1.34. The van der Waals surface area contributed by atoms with Gasteiger partial charge in [0.25, 0.3) is 5.91 Å². The lowest BCUT2D eigenvalue weighted by Gasteiger charge is -2.33. The van der Waals surface area contributed by atoms with Gasteiger partial charge in [-0.25, -0.2) is 4.98 Å². The molecule has 124 valence electrons. The van der Waals surface area contributed by atoms with Crippen LogP contribution in [-0.2, 0) is 6.42 Å². The predicted octanol–water partition coefficient (Wildman–Crippen LogP) is 2.42. The molecule has 3 heterocycles. The van der Waals surface area contributed by atoms with Gasteiger partial charge < -0.3 is 15.0 Å². The lowest BCUT2D eigenvalue weighted by atomic mass is 10.0. The summed E-state index contributed by atoms with van der Waals surface area (Å²) in [6.07, 6.45) is 4.59. The van der Waals surface area contributed by atoms with Crippen LogP contribution in [-0.4, -0.2) is 36.6 Å². The molecule has 2 aliphatic heterocycles. The van der Waals surface area contributed by atoms with Crippen LogP contribution in [0.15, 0.2) is 42.6 Å². The second-order valence-corrected chi connectivity index (χ2v) is 6.34. The van der Waals surface area contributed by atoms with Gasteiger partial charge in [0.15, 0.2) is 0 Å². The second-order valence-electron chi connectivity index (χ2n) is 6.34. The fraction of sp³-hybridized carbons (Fsp3) is 0.368. The Hall–Kier alpha value is -2.56. The Morgan fingerprint density at radius 1 is 1.21 bits per heavy atom. The van der Waals surface area contributed by atoms with E-state index < -0.39 is 0 Å². The molecule has 1 aromatic heterocycles. The third kappa shape index (κ3) is 3.07. The highest BCUT2D eigenvalue weighted by Crippen LogP contribution is 2.26. The summed E-state index contributed by atoms with van der Waals surface area (Å²) in [5.74, 6) is 1.94. The van der Waals surface area contributed by atoms with Crippen molar-refractivity contribution in [1.29, 1.82) is 0 Å². The highest BCUT2D eigenvalue weighted by Gasteiger charge is 2.22. The minimum absolute atomic E-state index is 0.0148. The summed E-state index contributed by atoms with van der Waals surface area (Å²) in [4.78, 5) is 19.2. The second kappa shape index (κ2) is 6.51. The number of nitrogens with one attached hydrogen (secondary N) is 1. The maximum absolute atomic E-state index is 12.5. The summed E-state index contributed by atoms with van der Waals surface area (Å²) in [5.41, 5.74) is 1.86. The Morgan fingerprint density at radius 3 is 2.88 bits per heavy atom. The maximum atomic E-state index is 12.5. The first kappa shape index (κ1) is 15.0. The summed E-state index contributed by atoms with van der Waals surface area (Å²) in [5, 5.41) is 3.17. The van der Waals surface area contributed by atoms with Crippen molar-refractivity contribution in [3.05, 3.63) is 53.7 Å².